The van der Waals surface area contributed by atoms with Crippen molar-refractivity contribution in [2.24, 2.45) is 11.7 Å². The molecule has 4 rings (SSSR count). The third-order valence-electron chi connectivity index (χ3n) is 5.94. The summed E-state index contributed by atoms with van der Waals surface area (Å²) in [5.74, 6) is -0.215. The van der Waals surface area contributed by atoms with E-state index in [0.29, 0.717) is 11.5 Å². The fraction of sp³-hybridized carbons (Fsp3) is 0.550. The van der Waals surface area contributed by atoms with Crippen molar-refractivity contribution in [2.45, 2.75) is 56.7 Å². The summed E-state index contributed by atoms with van der Waals surface area (Å²) in [5, 5.41) is 14.2. The maximum atomic E-state index is 12.9. The molecule has 1 atom stereocenters. The van der Waals surface area contributed by atoms with E-state index in [-0.39, 0.29) is 23.6 Å². The van der Waals surface area contributed by atoms with Crippen LogP contribution in [0.2, 0.25) is 0 Å². The average molecular weight is 397 g/mol. The average Bonchev–Trinajstić information content (AvgIpc) is 3.32. The van der Waals surface area contributed by atoms with Crippen molar-refractivity contribution >= 4 is 11.8 Å². The Morgan fingerprint density at radius 3 is 2.59 bits per heavy atom. The zero-order valence-corrected chi connectivity index (χ0v) is 16.6. The van der Waals surface area contributed by atoms with Gasteiger partial charge in [-0.2, -0.15) is 0 Å². The monoisotopic (exact) mass is 397 g/mol. The van der Waals surface area contributed by atoms with Crippen LogP contribution in [0.5, 0.6) is 0 Å². The Balaban J connectivity index is 1.54. The highest BCUT2D eigenvalue weighted by atomic mass is 16.2. The minimum Gasteiger partial charge on any atom is -0.354 e. The van der Waals surface area contributed by atoms with Gasteiger partial charge in [-0.25, -0.2) is 4.68 Å². The van der Waals surface area contributed by atoms with E-state index in [4.69, 9.17) is 5.73 Å². The Labute approximate surface area is 169 Å². The molecule has 2 aromatic heterocycles. The normalized spacial score (nSPS) is 19.4. The molecular formula is C20H27N7O2. The van der Waals surface area contributed by atoms with Crippen LogP contribution in [0.25, 0.3) is 0 Å². The van der Waals surface area contributed by atoms with Crippen LogP contribution in [-0.4, -0.2) is 38.8 Å². The molecule has 0 unspecified atom stereocenters. The number of rotatable bonds is 6. The van der Waals surface area contributed by atoms with E-state index in [1.165, 1.54) is 12.6 Å². The molecule has 2 heterocycles. The van der Waals surface area contributed by atoms with Gasteiger partial charge < -0.3 is 16.4 Å². The second-order valence-electron chi connectivity index (χ2n) is 8.05. The maximum absolute atomic E-state index is 12.9. The van der Waals surface area contributed by atoms with E-state index in [1.54, 1.807) is 23.9 Å². The number of aromatic nitrogens is 4. The van der Waals surface area contributed by atoms with Gasteiger partial charge in [-0.15, -0.1) is 5.10 Å². The molecule has 2 aromatic rings. The highest BCUT2D eigenvalue weighted by Crippen LogP contribution is 2.38. The lowest BCUT2D eigenvalue weighted by Gasteiger charge is -2.29. The molecule has 0 saturated heterocycles. The number of pyridine rings is 1. The number of hydrogen-bond donors (Lipinski definition) is 3. The number of nitrogens with one attached hydrogen (secondary N) is 2. The summed E-state index contributed by atoms with van der Waals surface area (Å²) in [7, 11) is 1.54. The van der Waals surface area contributed by atoms with Gasteiger partial charge in [0, 0.05) is 13.2 Å². The molecule has 2 amide bonds. The van der Waals surface area contributed by atoms with Crippen molar-refractivity contribution in [3.63, 3.8) is 0 Å². The Morgan fingerprint density at radius 2 is 1.97 bits per heavy atom. The van der Waals surface area contributed by atoms with Crippen molar-refractivity contribution in [2.75, 3.05) is 7.05 Å². The van der Waals surface area contributed by atoms with Crippen LogP contribution in [0, 0.1) is 5.92 Å². The van der Waals surface area contributed by atoms with Crippen molar-refractivity contribution in [3.05, 3.63) is 41.5 Å². The molecule has 0 radical (unpaired) electrons. The zero-order chi connectivity index (χ0) is 20.4. The predicted molar refractivity (Wildman–Crippen MR) is 106 cm³/mol. The van der Waals surface area contributed by atoms with Crippen molar-refractivity contribution in [1.29, 1.82) is 0 Å². The molecule has 2 aliphatic rings. The van der Waals surface area contributed by atoms with E-state index in [0.717, 1.165) is 44.2 Å². The van der Waals surface area contributed by atoms with Gasteiger partial charge >= 0.3 is 0 Å². The van der Waals surface area contributed by atoms with Gasteiger partial charge in [0.05, 0.1) is 17.8 Å². The highest BCUT2D eigenvalue weighted by Gasteiger charge is 2.42. The van der Waals surface area contributed by atoms with Crippen LogP contribution in [0.1, 0.15) is 77.5 Å². The molecule has 29 heavy (non-hydrogen) atoms. The van der Waals surface area contributed by atoms with Gasteiger partial charge in [-0.3, -0.25) is 14.6 Å². The van der Waals surface area contributed by atoms with Crippen LogP contribution in [0.4, 0.5) is 0 Å². The van der Waals surface area contributed by atoms with E-state index in [9.17, 15) is 9.59 Å². The Bertz CT molecular complexity index is 882. The fourth-order valence-corrected chi connectivity index (χ4v) is 3.91. The molecule has 9 heteroatoms. The fourth-order valence-electron chi connectivity index (χ4n) is 3.91. The lowest BCUT2D eigenvalue weighted by Crippen LogP contribution is -2.35. The molecule has 2 aliphatic carbocycles. The molecule has 2 fully saturated rings. The molecule has 2 saturated carbocycles. The smallest absolute Gasteiger partial charge is 0.269 e. The topological polar surface area (TPSA) is 128 Å². The molecule has 4 N–H and O–H groups in total. The van der Waals surface area contributed by atoms with Crippen LogP contribution in [0.15, 0.2) is 24.5 Å². The highest BCUT2D eigenvalue weighted by molar-refractivity contribution is 5.96. The standard InChI is InChI=1S/C20H27N7O2/c1-22-19(29)15-8-7-14(11-23-15)18(28)24-17(13-5-3-2-4-6-13)16-12-27(26-25-16)20(21)9-10-20/h7-8,11-13,17H,2-6,9-10,21H2,1H3,(H,22,29)(H,24,28)/t17-/m0/s1. The SMILES string of the molecule is CNC(=O)c1ccc(C(=O)N[C@H](c2cn(C3(N)CC3)nn2)C2CCCCC2)cn1. The van der Waals surface area contributed by atoms with Crippen molar-refractivity contribution in [1.82, 2.24) is 30.6 Å². The maximum Gasteiger partial charge on any atom is 0.269 e. The molecule has 0 aliphatic heterocycles. The second-order valence-corrected chi connectivity index (χ2v) is 8.05. The summed E-state index contributed by atoms with van der Waals surface area (Å²) in [6.45, 7) is 0. The lowest BCUT2D eigenvalue weighted by atomic mass is 9.82. The third-order valence-corrected chi connectivity index (χ3v) is 5.94. The summed E-state index contributed by atoms with van der Waals surface area (Å²) in [6, 6.07) is 2.93. The van der Waals surface area contributed by atoms with E-state index in [1.807, 2.05) is 6.20 Å². The summed E-state index contributed by atoms with van der Waals surface area (Å²) in [6.07, 6.45) is 10.7. The zero-order valence-electron chi connectivity index (χ0n) is 16.6. The van der Waals surface area contributed by atoms with Crippen LogP contribution < -0.4 is 16.4 Å². The lowest BCUT2D eigenvalue weighted by molar-refractivity contribution is 0.0907. The van der Waals surface area contributed by atoms with E-state index >= 15 is 0 Å². The second kappa shape index (κ2) is 7.90. The van der Waals surface area contributed by atoms with Gasteiger partial charge in [0.15, 0.2) is 0 Å². The van der Waals surface area contributed by atoms with Gasteiger partial charge in [0.1, 0.15) is 17.1 Å². The van der Waals surface area contributed by atoms with Gasteiger partial charge in [0.25, 0.3) is 11.8 Å². The molecular weight excluding hydrogens is 370 g/mol. The molecule has 0 aromatic carbocycles. The predicted octanol–water partition coefficient (Wildman–Crippen LogP) is 1.49. The number of nitrogens with two attached hydrogens (primary N) is 1. The number of nitrogens with zero attached hydrogens (tertiary/aromatic N) is 4. The minimum atomic E-state index is -0.425. The first-order valence-electron chi connectivity index (χ1n) is 10.2. The summed E-state index contributed by atoms with van der Waals surface area (Å²) >= 11 is 0. The Morgan fingerprint density at radius 1 is 1.21 bits per heavy atom. The quantitative estimate of drug-likeness (QED) is 0.677. The van der Waals surface area contributed by atoms with Crippen LogP contribution in [-0.2, 0) is 5.66 Å². The van der Waals surface area contributed by atoms with Crippen molar-refractivity contribution < 1.29 is 9.59 Å². The Kier molecular flexibility index (Phi) is 5.31. The summed E-state index contributed by atoms with van der Waals surface area (Å²) in [5.41, 5.74) is 7.23. The largest absolute Gasteiger partial charge is 0.354 e. The van der Waals surface area contributed by atoms with E-state index < -0.39 is 5.66 Å². The minimum absolute atomic E-state index is 0.225. The van der Waals surface area contributed by atoms with Gasteiger partial charge in [-0.1, -0.05) is 24.5 Å². The number of hydrogen-bond acceptors (Lipinski definition) is 6. The third kappa shape index (κ3) is 4.14. The van der Waals surface area contributed by atoms with Crippen LogP contribution in [0.3, 0.4) is 0 Å². The molecule has 0 spiro atoms. The van der Waals surface area contributed by atoms with E-state index in [2.05, 4.69) is 25.9 Å². The summed E-state index contributed by atoms with van der Waals surface area (Å²) in [4.78, 5) is 28.6. The van der Waals surface area contributed by atoms with Gasteiger partial charge in [-0.05, 0) is 43.7 Å². The first-order valence-corrected chi connectivity index (χ1v) is 10.2. The van der Waals surface area contributed by atoms with Crippen LogP contribution >= 0.6 is 0 Å². The Hall–Kier alpha value is -2.81. The first kappa shape index (κ1) is 19.5. The molecule has 9 nitrogen and oxygen atoms in total. The van der Waals surface area contributed by atoms with Gasteiger partial charge in [0.2, 0.25) is 0 Å². The molecule has 0 bridgehead atoms. The number of carbonyl (C=O) groups excluding carboxylic acids is 2. The number of carbonyl (C=O) groups is 2. The summed E-state index contributed by atoms with van der Waals surface area (Å²) < 4.78 is 1.73. The number of amides is 2. The first-order chi connectivity index (χ1) is 14.0. The van der Waals surface area contributed by atoms with Crippen molar-refractivity contribution in [3.8, 4) is 0 Å². The molecule has 154 valence electrons.